The van der Waals surface area contributed by atoms with Crippen molar-refractivity contribution in [3.05, 3.63) is 70.8 Å². The van der Waals surface area contributed by atoms with Crippen molar-refractivity contribution in [3.63, 3.8) is 0 Å². The molecule has 1 aliphatic heterocycles. The topological polar surface area (TPSA) is 57.6 Å². The zero-order chi connectivity index (χ0) is 17.8. The van der Waals surface area contributed by atoms with Crippen LogP contribution in [0.3, 0.4) is 0 Å². The monoisotopic (exact) mass is 337 g/mol. The fourth-order valence-corrected chi connectivity index (χ4v) is 3.42. The number of hydrogen-bond acceptors (Lipinski definition) is 2. The maximum absolute atomic E-state index is 12.3. The van der Waals surface area contributed by atoms with Gasteiger partial charge in [-0.05, 0) is 42.9 Å². The maximum atomic E-state index is 12.3. The third-order valence-electron chi connectivity index (χ3n) is 4.77. The fourth-order valence-electron chi connectivity index (χ4n) is 3.42. The Bertz CT molecular complexity index is 778. The molecule has 4 heteroatoms. The van der Waals surface area contributed by atoms with Gasteiger partial charge in [0.25, 0.3) is 0 Å². The van der Waals surface area contributed by atoms with E-state index in [1.807, 2.05) is 11.0 Å². The lowest BCUT2D eigenvalue weighted by Crippen LogP contribution is -2.50. The van der Waals surface area contributed by atoms with Gasteiger partial charge < -0.3 is 10.0 Å². The van der Waals surface area contributed by atoms with Crippen LogP contribution in [0.1, 0.15) is 33.5 Å². The van der Waals surface area contributed by atoms with Crippen molar-refractivity contribution in [2.24, 2.45) is 5.92 Å². The van der Waals surface area contributed by atoms with Gasteiger partial charge in [-0.1, -0.05) is 48.0 Å². The van der Waals surface area contributed by atoms with Gasteiger partial charge in [-0.3, -0.25) is 4.79 Å². The number of carboxylic acid groups (broad SMARTS) is 1. The molecule has 0 bridgehead atoms. The average molecular weight is 337 g/mol. The number of hydrogen-bond donors (Lipinski definition) is 1. The first-order chi connectivity index (χ1) is 12.0. The second kappa shape index (κ2) is 7.51. The Labute approximate surface area is 148 Å². The standard InChI is InChI=1S/C21H23NO3/c1-15-5-4-6-16(11-15)12-17-13-22(14-17)20(23)10-9-18-7-2-3-8-19(18)21(24)25/h2-8,11,17H,9-10,12-14H2,1H3,(H,24,25). The molecular weight excluding hydrogens is 314 g/mol. The van der Waals surface area contributed by atoms with Crippen molar-refractivity contribution in [2.75, 3.05) is 13.1 Å². The summed E-state index contributed by atoms with van der Waals surface area (Å²) < 4.78 is 0. The molecule has 1 fully saturated rings. The van der Waals surface area contributed by atoms with Gasteiger partial charge in [0.1, 0.15) is 0 Å². The van der Waals surface area contributed by atoms with Gasteiger partial charge in [0.2, 0.25) is 5.91 Å². The molecule has 2 aromatic rings. The minimum absolute atomic E-state index is 0.112. The summed E-state index contributed by atoms with van der Waals surface area (Å²) in [5.41, 5.74) is 3.60. The summed E-state index contributed by atoms with van der Waals surface area (Å²) in [5.74, 6) is -0.303. The van der Waals surface area contributed by atoms with Crippen molar-refractivity contribution in [3.8, 4) is 0 Å². The van der Waals surface area contributed by atoms with Crippen LogP contribution in [0.2, 0.25) is 0 Å². The molecule has 1 aliphatic rings. The molecule has 2 aromatic carbocycles. The van der Waals surface area contributed by atoms with Gasteiger partial charge in [-0.2, -0.15) is 0 Å². The van der Waals surface area contributed by atoms with Crippen LogP contribution < -0.4 is 0 Å². The van der Waals surface area contributed by atoms with E-state index in [0.29, 0.717) is 18.8 Å². The normalized spacial score (nSPS) is 14.2. The number of carbonyl (C=O) groups excluding carboxylic acids is 1. The lowest BCUT2D eigenvalue weighted by molar-refractivity contribution is -0.137. The Kier molecular flexibility index (Phi) is 5.17. The van der Waals surface area contributed by atoms with E-state index in [1.54, 1.807) is 18.2 Å². The summed E-state index contributed by atoms with van der Waals surface area (Å²) in [4.78, 5) is 25.4. The average Bonchev–Trinajstić information content (AvgIpc) is 2.56. The Morgan fingerprint density at radius 3 is 2.60 bits per heavy atom. The van der Waals surface area contributed by atoms with Gasteiger partial charge in [0.05, 0.1) is 5.56 Å². The number of likely N-dealkylation sites (tertiary alicyclic amines) is 1. The molecule has 130 valence electrons. The van der Waals surface area contributed by atoms with Crippen LogP contribution in [0.5, 0.6) is 0 Å². The lowest BCUT2D eigenvalue weighted by atomic mass is 9.91. The molecule has 0 aliphatic carbocycles. The summed E-state index contributed by atoms with van der Waals surface area (Å²) in [6.45, 7) is 3.69. The highest BCUT2D eigenvalue weighted by Crippen LogP contribution is 2.22. The Morgan fingerprint density at radius 1 is 1.12 bits per heavy atom. The molecule has 0 saturated carbocycles. The molecule has 0 atom stereocenters. The van der Waals surface area contributed by atoms with E-state index >= 15 is 0 Å². The molecule has 0 spiro atoms. The quantitative estimate of drug-likeness (QED) is 0.880. The highest BCUT2D eigenvalue weighted by Gasteiger charge is 2.30. The molecule has 3 rings (SSSR count). The molecule has 0 unspecified atom stereocenters. The first-order valence-electron chi connectivity index (χ1n) is 8.67. The van der Waals surface area contributed by atoms with Gasteiger partial charge >= 0.3 is 5.97 Å². The van der Waals surface area contributed by atoms with E-state index in [-0.39, 0.29) is 11.5 Å². The molecular formula is C21H23NO3. The van der Waals surface area contributed by atoms with E-state index in [9.17, 15) is 14.7 Å². The number of amides is 1. The smallest absolute Gasteiger partial charge is 0.335 e. The zero-order valence-corrected chi connectivity index (χ0v) is 14.4. The minimum Gasteiger partial charge on any atom is -0.478 e. The predicted octanol–water partition coefficient (Wildman–Crippen LogP) is 3.33. The van der Waals surface area contributed by atoms with Crippen LogP contribution in [0.4, 0.5) is 0 Å². The second-order valence-corrected chi connectivity index (χ2v) is 6.82. The van der Waals surface area contributed by atoms with E-state index < -0.39 is 5.97 Å². The molecule has 1 saturated heterocycles. The van der Waals surface area contributed by atoms with Gasteiger partial charge in [-0.15, -0.1) is 0 Å². The summed E-state index contributed by atoms with van der Waals surface area (Å²) in [7, 11) is 0. The zero-order valence-electron chi connectivity index (χ0n) is 14.4. The van der Waals surface area contributed by atoms with E-state index in [2.05, 4.69) is 31.2 Å². The second-order valence-electron chi connectivity index (χ2n) is 6.82. The van der Waals surface area contributed by atoms with E-state index in [4.69, 9.17) is 0 Å². The SMILES string of the molecule is Cc1cccc(CC2CN(C(=O)CCc3ccccc3C(=O)O)C2)c1. The van der Waals surface area contributed by atoms with Gasteiger partial charge in [-0.25, -0.2) is 4.79 Å². The van der Waals surface area contributed by atoms with Crippen molar-refractivity contribution in [2.45, 2.75) is 26.2 Å². The Balaban J connectivity index is 1.47. The molecule has 4 nitrogen and oxygen atoms in total. The Morgan fingerprint density at radius 2 is 1.88 bits per heavy atom. The lowest BCUT2D eigenvalue weighted by Gasteiger charge is -2.39. The first kappa shape index (κ1) is 17.2. The van der Waals surface area contributed by atoms with Gasteiger partial charge in [0.15, 0.2) is 0 Å². The Hall–Kier alpha value is -2.62. The number of aromatic carboxylic acids is 1. The summed E-state index contributed by atoms with van der Waals surface area (Å²) in [6, 6.07) is 15.4. The van der Waals surface area contributed by atoms with E-state index in [1.165, 1.54) is 11.1 Å². The van der Waals surface area contributed by atoms with Crippen LogP contribution in [-0.4, -0.2) is 35.0 Å². The molecule has 0 aromatic heterocycles. The molecule has 25 heavy (non-hydrogen) atoms. The van der Waals surface area contributed by atoms with E-state index in [0.717, 1.165) is 25.1 Å². The third kappa shape index (κ3) is 4.27. The van der Waals surface area contributed by atoms with Gasteiger partial charge in [0, 0.05) is 19.5 Å². The van der Waals surface area contributed by atoms with Crippen molar-refractivity contribution < 1.29 is 14.7 Å². The largest absolute Gasteiger partial charge is 0.478 e. The number of nitrogens with zero attached hydrogens (tertiary/aromatic N) is 1. The number of carbonyl (C=O) groups is 2. The first-order valence-corrected chi connectivity index (χ1v) is 8.67. The summed E-state index contributed by atoms with van der Waals surface area (Å²) >= 11 is 0. The molecule has 1 N–H and O–H groups in total. The van der Waals surface area contributed by atoms with Crippen LogP contribution in [0, 0.1) is 12.8 Å². The molecule has 0 radical (unpaired) electrons. The maximum Gasteiger partial charge on any atom is 0.335 e. The molecule has 1 heterocycles. The summed E-state index contributed by atoms with van der Waals surface area (Å²) in [6.07, 6.45) is 1.84. The fraction of sp³-hybridized carbons (Fsp3) is 0.333. The van der Waals surface area contributed by atoms with Crippen LogP contribution in [0.25, 0.3) is 0 Å². The number of rotatable bonds is 6. The summed E-state index contributed by atoms with van der Waals surface area (Å²) in [5, 5.41) is 9.20. The van der Waals surface area contributed by atoms with Crippen molar-refractivity contribution in [1.82, 2.24) is 4.90 Å². The van der Waals surface area contributed by atoms with Crippen LogP contribution in [-0.2, 0) is 17.6 Å². The highest BCUT2D eigenvalue weighted by molar-refractivity contribution is 5.89. The minimum atomic E-state index is -0.940. The van der Waals surface area contributed by atoms with Crippen molar-refractivity contribution in [1.29, 1.82) is 0 Å². The highest BCUT2D eigenvalue weighted by atomic mass is 16.4. The number of benzene rings is 2. The third-order valence-corrected chi connectivity index (χ3v) is 4.77. The number of aryl methyl sites for hydroxylation is 2. The van der Waals surface area contributed by atoms with Crippen molar-refractivity contribution >= 4 is 11.9 Å². The van der Waals surface area contributed by atoms with Crippen LogP contribution in [0.15, 0.2) is 48.5 Å². The molecule has 1 amide bonds. The van der Waals surface area contributed by atoms with Crippen LogP contribution >= 0.6 is 0 Å². The number of carboxylic acids is 1. The predicted molar refractivity (Wildman–Crippen MR) is 96.7 cm³/mol.